The molecular formula is C17H17Cl2N3O5S. The van der Waals surface area contributed by atoms with E-state index in [4.69, 9.17) is 38.6 Å². The standard InChI is InChI=1S/C11H13N3O.C6H4Cl2O4S/c1-8-10(12)11(15)14(13(8)2)9-6-4-3-5-7-9;7-3-1-4(8)6(9)5(2-3)13(10,11)12/h3-7H,12H2,1-2H3;1-2,9H,(H,10,11,12). The van der Waals surface area contributed by atoms with E-state index >= 15 is 0 Å². The highest BCUT2D eigenvalue weighted by Crippen LogP contribution is 2.33. The number of nitrogens with two attached hydrogens (primary N) is 1. The predicted molar refractivity (Wildman–Crippen MR) is 108 cm³/mol. The maximum Gasteiger partial charge on any atom is 0.298 e. The van der Waals surface area contributed by atoms with Crippen molar-refractivity contribution < 1.29 is 18.1 Å². The third-order valence-corrected chi connectivity index (χ3v) is 5.24. The first-order chi connectivity index (χ1) is 12.9. The Morgan fingerprint density at radius 2 is 1.68 bits per heavy atom. The summed E-state index contributed by atoms with van der Waals surface area (Å²) in [4.78, 5) is 11.1. The molecule has 0 aliphatic carbocycles. The first kappa shape index (κ1) is 21.8. The minimum absolute atomic E-state index is 0.00965. The van der Waals surface area contributed by atoms with Gasteiger partial charge < -0.3 is 10.8 Å². The number of halogens is 2. The normalized spacial score (nSPS) is 11.0. The number of para-hydroxylation sites is 1. The van der Waals surface area contributed by atoms with Crippen LogP contribution in [0.25, 0.3) is 5.69 Å². The fraction of sp³-hybridized carbons (Fsp3) is 0.118. The molecule has 0 atom stereocenters. The summed E-state index contributed by atoms with van der Waals surface area (Å²) in [5.41, 5.74) is 7.43. The second-order valence-electron chi connectivity index (χ2n) is 5.68. The zero-order chi connectivity index (χ0) is 21.2. The van der Waals surface area contributed by atoms with Gasteiger partial charge in [-0.3, -0.25) is 14.0 Å². The number of benzene rings is 2. The Labute approximate surface area is 171 Å². The van der Waals surface area contributed by atoms with E-state index in [0.717, 1.165) is 23.5 Å². The number of anilines is 1. The second kappa shape index (κ2) is 8.27. The lowest BCUT2D eigenvalue weighted by atomic mass is 10.3. The number of aromatic nitrogens is 2. The average Bonchev–Trinajstić information content (AvgIpc) is 2.82. The average molecular weight is 446 g/mol. The third kappa shape index (κ3) is 4.50. The molecule has 1 aromatic heterocycles. The van der Waals surface area contributed by atoms with Crippen LogP contribution in [0.4, 0.5) is 5.69 Å². The molecule has 2 aromatic carbocycles. The first-order valence-electron chi connectivity index (χ1n) is 7.70. The maximum absolute atomic E-state index is 11.8. The number of nitrogens with zero attached hydrogens (tertiary/aromatic N) is 2. The molecule has 28 heavy (non-hydrogen) atoms. The summed E-state index contributed by atoms with van der Waals surface area (Å²) in [6, 6.07) is 11.5. The molecule has 1 heterocycles. The van der Waals surface area contributed by atoms with Gasteiger partial charge in [-0.2, -0.15) is 8.42 Å². The van der Waals surface area contributed by atoms with Crippen LogP contribution in [-0.2, 0) is 17.2 Å². The predicted octanol–water partition coefficient (Wildman–Crippen LogP) is 3.01. The van der Waals surface area contributed by atoms with E-state index in [1.807, 2.05) is 44.3 Å². The Bertz CT molecular complexity index is 1170. The van der Waals surface area contributed by atoms with Crippen LogP contribution in [-0.4, -0.2) is 27.4 Å². The van der Waals surface area contributed by atoms with Crippen LogP contribution >= 0.6 is 23.2 Å². The molecule has 0 saturated carbocycles. The van der Waals surface area contributed by atoms with Crippen molar-refractivity contribution in [3.05, 3.63) is 68.6 Å². The van der Waals surface area contributed by atoms with Gasteiger partial charge in [0, 0.05) is 12.1 Å². The molecule has 0 radical (unpaired) electrons. The maximum atomic E-state index is 11.8. The summed E-state index contributed by atoms with van der Waals surface area (Å²) >= 11 is 10.9. The summed E-state index contributed by atoms with van der Waals surface area (Å²) < 4.78 is 33.2. The molecular weight excluding hydrogens is 429 g/mol. The lowest BCUT2D eigenvalue weighted by Gasteiger charge is -2.07. The molecule has 0 bridgehead atoms. The Balaban J connectivity index is 0.000000203. The monoisotopic (exact) mass is 445 g/mol. The van der Waals surface area contributed by atoms with E-state index in [0.29, 0.717) is 5.69 Å². The molecule has 0 unspecified atom stereocenters. The highest BCUT2D eigenvalue weighted by atomic mass is 35.5. The summed E-state index contributed by atoms with van der Waals surface area (Å²) in [7, 11) is -2.68. The van der Waals surface area contributed by atoms with Crippen molar-refractivity contribution in [1.29, 1.82) is 0 Å². The lowest BCUT2D eigenvalue weighted by molar-refractivity contribution is 0.443. The fourth-order valence-corrected chi connectivity index (χ4v) is 3.57. The molecule has 0 fully saturated rings. The molecule has 3 aromatic rings. The highest BCUT2D eigenvalue weighted by Gasteiger charge is 2.18. The highest BCUT2D eigenvalue weighted by molar-refractivity contribution is 7.86. The first-order valence-corrected chi connectivity index (χ1v) is 9.89. The van der Waals surface area contributed by atoms with Gasteiger partial charge in [-0.05, 0) is 31.2 Å². The summed E-state index contributed by atoms with van der Waals surface area (Å²) in [5, 5.41) is 8.90. The van der Waals surface area contributed by atoms with Gasteiger partial charge in [0.05, 0.1) is 16.4 Å². The van der Waals surface area contributed by atoms with Gasteiger partial charge in [0.15, 0.2) is 5.75 Å². The second-order valence-corrected chi connectivity index (χ2v) is 7.92. The largest absolute Gasteiger partial charge is 0.505 e. The van der Waals surface area contributed by atoms with Crippen molar-refractivity contribution in [2.24, 2.45) is 7.05 Å². The van der Waals surface area contributed by atoms with Crippen LogP contribution in [0.2, 0.25) is 10.0 Å². The topological polar surface area (TPSA) is 128 Å². The van der Waals surface area contributed by atoms with Crippen molar-refractivity contribution in [2.75, 3.05) is 5.73 Å². The van der Waals surface area contributed by atoms with Gasteiger partial charge in [-0.15, -0.1) is 0 Å². The van der Waals surface area contributed by atoms with Crippen LogP contribution in [0.3, 0.4) is 0 Å². The van der Waals surface area contributed by atoms with E-state index in [1.165, 1.54) is 0 Å². The van der Waals surface area contributed by atoms with Crippen LogP contribution in [0.5, 0.6) is 5.75 Å². The van der Waals surface area contributed by atoms with Gasteiger partial charge in [-0.1, -0.05) is 41.4 Å². The number of phenolic OH excluding ortho intramolecular Hbond substituents is 1. The summed E-state index contributed by atoms with van der Waals surface area (Å²) in [6.07, 6.45) is 0. The minimum Gasteiger partial charge on any atom is -0.505 e. The van der Waals surface area contributed by atoms with Crippen LogP contribution < -0.4 is 11.3 Å². The molecule has 0 aliphatic rings. The van der Waals surface area contributed by atoms with Crippen molar-refractivity contribution in [2.45, 2.75) is 11.8 Å². The van der Waals surface area contributed by atoms with E-state index in [1.54, 1.807) is 9.36 Å². The number of aromatic hydroxyl groups is 1. The molecule has 0 spiro atoms. The van der Waals surface area contributed by atoms with Crippen LogP contribution in [0.1, 0.15) is 5.69 Å². The summed E-state index contributed by atoms with van der Waals surface area (Å²) in [5.74, 6) is -0.714. The van der Waals surface area contributed by atoms with E-state index in [9.17, 15) is 13.2 Å². The summed E-state index contributed by atoms with van der Waals surface area (Å²) in [6.45, 7) is 1.83. The zero-order valence-corrected chi connectivity index (χ0v) is 17.1. The van der Waals surface area contributed by atoms with E-state index in [-0.39, 0.29) is 15.6 Å². The van der Waals surface area contributed by atoms with Gasteiger partial charge in [0.25, 0.3) is 15.7 Å². The lowest BCUT2D eigenvalue weighted by Crippen LogP contribution is -2.20. The SMILES string of the molecule is Cc1c(N)c(=O)n(-c2ccccc2)n1C.O=S(=O)(O)c1cc(Cl)cc(Cl)c1O. The Morgan fingerprint density at radius 3 is 2.14 bits per heavy atom. The number of phenols is 1. The van der Waals surface area contributed by atoms with Gasteiger partial charge >= 0.3 is 0 Å². The van der Waals surface area contributed by atoms with Crippen molar-refractivity contribution in [3.63, 3.8) is 0 Å². The quantitative estimate of drug-likeness (QED) is 0.520. The fourth-order valence-electron chi connectivity index (χ4n) is 2.33. The van der Waals surface area contributed by atoms with Gasteiger partial charge in [-0.25, -0.2) is 4.68 Å². The van der Waals surface area contributed by atoms with Crippen LogP contribution in [0, 0.1) is 6.92 Å². The Hall–Kier alpha value is -2.46. The van der Waals surface area contributed by atoms with E-state index in [2.05, 4.69) is 0 Å². The molecule has 11 heteroatoms. The number of rotatable bonds is 2. The Kier molecular flexibility index (Phi) is 6.45. The molecule has 0 amide bonds. The minimum atomic E-state index is -4.50. The molecule has 150 valence electrons. The van der Waals surface area contributed by atoms with Crippen LogP contribution in [0.15, 0.2) is 52.2 Å². The third-order valence-electron chi connectivity index (χ3n) is 3.87. The zero-order valence-electron chi connectivity index (χ0n) is 14.8. The molecule has 8 nitrogen and oxygen atoms in total. The molecule has 0 aliphatic heterocycles. The van der Waals surface area contributed by atoms with Crippen molar-refractivity contribution in [1.82, 2.24) is 9.36 Å². The number of hydrogen-bond donors (Lipinski definition) is 3. The van der Waals surface area contributed by atoms with E-state index < -0.39 is 20.8 Å². The smallest absolute Gasteiger partial charge is 0.298 e. The molecule has 4 N–H and O–H groups in total. The van der Waals surface area contributed by atoms with Crippen molar-refractivity contribution in [3.8, 4) is 11.4 Å². The van der Waals surface area contributed by atoms with Gasteiger partial charge in [0.2, 0.25) is 0 Å². The Morgan fingerprint density at radius 1 is 1.11 bits per heavy atom. The van der Waals surface area contributed by atoms with Crippen molar-refractivity contribution >= 4 is 39.0 Å². The number of nitrogen functional groups attached to an aromatic ring is 1. The number of hydrogen-bond acceptors (Lipinski definition) is 5. The molecule has 0 saturated heterocycles. The molecule has 3 rings (SSSR count). The van der Waals surface area contributed by atoms with Gasteiger partial charge in [0.1, 0.15) is 10.6 Å².